The van der Waals surface area contributed by atoms with Gasteiger partial charge in [-0.25, -0.2) is 4.79 Å². The Kier molecular flexibility index (Phi) is 4.96. The molecule has 3 aromatic rings. The van der Waals surface area contributed by atoms with Crippen LogP contribution in [0.5, 0.6) is 5.75 Å². The van der Waals surface area contributed by atoms with Gasteiger partial charge in [-0.3, -0.25) is 13.9 Å². The van der Waals surface area contributed by atoms with Crippen LogP contribution in [0.25, 0.3) is 11.4 Å². The molecule has 0 unspecified atom stereocenters. The molecule has 0 amide bonds. The predicted octanol–water partition coefficient (Wildman–Crippen LogP) is 2.65. The van der Waals surface area contributed by atoms with Gasteiger partial charge in [0.15, 0.2) is 0 Å². The van der Waals surface area contributed by atoms with Crippen molar-refractivity contribution in [3.8, 4) is 17.1 Å². The maximum absolute atomic E-state index is 13.2. The van der Waals surface area contributed by atoms with Crippen molar-refractivity contribution in [1.82, 2.24) is 19.3 Å². The normalized spacial score (nSPS) is 13.9. The first-order valence-electron chi connectivity index (χ1n) is 9.25. The SMILES string of the molecule is Cc1nc(-c2c3n(c(=O)n(Cc4ccc(OC(F)(F)F)cc4)c2=O)CCCC3)no1. The summed E-state index contributed by atoms with van der Waals surface area (Å²) < 4.78 is 48.4. The Morgan fingerprint density at radius 1 is 1.17 bits per heavy atom. The molecule has 0 aliphatic carbocycles. The number of rotatable bonds is 4. The molecule has 0 bridgehead atoms. The Hall–Kier alpha value is -3.37. The molecule has 0 saturated heterocycles. The fourth-order valence-electron chi connectivity index (χ4n) is 3.54. The van der Waals surface area contributed by atoms with Gasteiger partial charge >= 0.3 is 12.1 Å². The Bertz CT molecular complexity index is 1190. The third-order valence-corrected chi connectivity index (χ3v) is 4.83. The summed E-state index contributed by atoms with van der Waals surface area (Å²) in [6.45, 7) is 1.94. The number of aryl methyl sites for hydroxylation is 1. The highest BCUT2D eigenvalue weighted by atomic mass is 19.4. The van der Waals surface area contributed by atoms with Crippen molar-refractivity contribution in [1.29, 1.82) is 0 Å². The van der Waals surface area contributed by atoms with Crippen LogP contribution in [-0.2, 0) is 19.5 Å². The van der Waals surface area contributed by atoms with Crippen LogP contribution in [0.1, 0.15) is 30.0 Å². The molecule has 8 nitrogen and oxygen atoms in total. The van der Waals surface area contributed by atoms with E-state index in [0.717, 1.165) is 29.5 Å². The molecule has 2 aromatic heterocycles. The number of nitrogens with zero attached hydrogens (tertiary/aromatic N) is 4. The van der Waals surface area contributed by atoms with Crippen LogP contribution in [0, 0.1) is 6.92 Å². The van der Waals surface area contributed by atoms with Gasteiger partial charge < -0.3 is 9.26 Å². The van der Waals surface area contributed by atoms with E-state index in [1.807, 2.05) is 0 Å². The smallest absolute Gasteiger partial charge is 0.406 e. The van der Waals surface area contributed by atoms with Gasteiger partial charge in [0, 0.05) is 19.2 Å². The first-order valence-corrected chi connectivity index (χ1v) is 9.25. The van der Waals surface area contributed by atoms with Gasteiger partial charge in [-0.1, -0.05) is 17.3 Å². The molecule has 11 heteroatoms. The van der Waals surface area contributed by atoms with E-state index in [2.05, 4.69) is 14.9 Å². The van der Waals surface area contributed by atoms with Crippen molar-refractivity contribution in [2.24, 2.45) is 0 Å². The van der Waals surface area contributed by atoms with Crippen LogP contribution in [0.2, 0.25) is 0 Å². The zero-order valence-electron chi connectivity index (χ0n) is 15.9. The fourth-order valence-corrected chi connectivity index (χ4v) is 3.54. The Balaban J connectivity index is 1.77. The third kappa shape index (κ3) is 3.87. The maximum Gasteiger partial charge on any atom is 0.573 e. The molecule has 4 rings (SSSR count). The quantitative estimate of drug-likeness (QED) is 0.642. The van der Waals surface area contributed by atoms with E-state index in [0.29, 0.717) is 24.2 Å². The number of alkyl halides is 3. The monoisotopic (exact) mass is 422 g/mol. The van der Waals surface area contributed by atoms with E-state index in [1.54, 1.807) is 6.92 Å². The number of aromatic nitrogens is 4. The second-order valence-electron chi connectivity index (χ2n) is 6.93. The van der Waals surface area contributed by atoms with E-state index in [1.165, 1.54) is 16.7 Å². The van der Waals surface area contributed by atoms with E-state index in [9.17, 15) is 22.8 Å². The van der Waals surface area contributed by atoms with E-state index in [-0.39, 0.29) is 29.6 Å². The zero-order chi connectivity index (χ0) is 21.5. The highest BCUT2D eigenvalue weighted by Gasteiger charge is 2.31. The average molecular weight is 422 g/mol. The molecule has 0 radical (unpaired) electrons. The largest absolute Gasteiger partial charge is 0.573 e. The predicted molar refractivity (Wildman–Crippen MR) is 98.2 cm³/mol. The molecular weight excluding hydrogens is 405 g/mol. The number of halogens is 3. The lowest BCUT2D eigenvalue weighted by molar-refractivity contribution is -0.274. The minimum atomic E-state index is -4.80. The second-order valence-corrected chi connectivity index (χ2v) is 6.93. The van der Waals surface area contributed by atoms with Gasteiger partial charge in [-0.05, 0) is 37.0 Å². The maximum atomic E-state index is 13.2. The van der Waals surface area contributed by atoms with Crippen molar-refractivity contribution in [2.45, 2.75) is 45.6 Å². The minimum absolute atomic E-state index is 0.117. The number of benzene rings is 1. The number of ether oxygens (including phenoxy) is 1. The summed E-state index contributed by atoms with van der Waals surface area (Å²) in [7, 11) is 0. The summed E-state index contributed by atoms with van der Waals surface area (Å²) in [6.07, 6.45) is -2.64. The van der Waals surface area contributed by atoms with Crippen molar-refractivity contribution in [3.05, 3.63) is 62.3 Å². The summed E-state index contributed by atoms with van der Waals surface area (Å²) in [5, 5.41) is 3.84. The molecule has 0 fully saturated rings. The topological polar surface area (TPSA) is 92.2 Å². The van der Waals surface area contributed by atoms with Gasteiger partial charge in [0.1, 0.15) is 11.3 Å². The van der Waals surface area contributed by atoms with Crippen LogP contribution in [0.4, 0.5) is 13.2 Å². The lowest BCUT2D eigenvalue weighted by Crippen LogP contribution is -2.44. The average Bonchev–Trinajstić information content (AvgIpc) is 3.11. The standard InChI is InChI=1S/C19H17F3N4O4/c1-11-23-16(24-30-11)15-14-4-2-3-9-25(14)18(28)26(17(15)27)10-12-5-7-13(8-6-12)29-19(20,21)22/h5-8H,2-4,9-10H2,1H3. The summed E-state index contributed by atoms with van der Waals surface area (Å²) in [6, 6.07) is 5.01. The molecule has 0 atom stereocenters. The van der Waals surface area contributed by atoms with Gasteiger partial charge in [0.25, 0.3) is 5.56 Å². The lowest BCUT2D eigenvalue weighted by atomic mass is 10.0. The second kappa shape index (κ2) is 7.47. The first kappa shape index (κ1) is 19.9. The molecule has 158 valence electrons. The number of hydrogen-bond donors (Lipinski definition) is 0. The lowest BCUT2D eigenvalue weighted by Gasteiger charge is -2.22. The van der Waals surface area contributed by atoms with Gasteiger partial charge in [-0.15, -0.1) is 13.2 Å². The van der Waals surface area contributed by atoms with E-state index < -0.39 is 17.6 Å². The van der Waals surface area contributed by atoms with Crippen LogP contribution in [0.15, 0.2) is 38.4 Å². The Morgan fingerprint density at radius 2 is 1.90 bits per heavy atom. The van der Waals surface area contributed by atoms with Crippen molar-refractivity contribution >= 4 is 0 Å². The van der Waals surface area contributed by atoms with E-state index >= 15 is 0 Å². The number of hydrogen-bond acceptors (Lipinski definition) is 6. The number of fused-ring (bicyclic) bond motifs is 1. The highest BCUT2D eigenvalue weighted by Crippen LogP contribution is 2.24. The van der Waals surface area contributed by atoms with Crippen LogP contribution >= 0.6 is 0 Å². The van der Waals surface area contributed by atoms with Gasteiger partial charge in [0.2, 0.25) is 11.7 Å². The van der Waals surface area contributed by atoms with Gasteiger partial charge in [-0.2, -0.15) is 4.98 Å². The van der Waals surface area contributed by atoms with Crippen LogP contribution in [-0.4, -0.2) is 25.6 Å². The van der Waals surface area contributed by atoms with E-state index in [4.69, 9.17) is 4.52 Å². The Morgan fingerprint density at radius 3 is 2.53 bits per heavy atom. The van der Waals surface area contributed by atoms with Gasteiger partial charge in [0.05, 0.1) is 6.54 Å². The van der Waals surface area contributed by atoms with Crippen LogP contribution < -0.4 is 16.0 Å². The first-order chi connectivity index (χ1) is 14.2. The summed E-state index contributed by atoms with van der Waals surface area (Å²) in [5.41, 5.74) is 0.208. The zero-order valence-corrected chi connectivity index (χ0v) is 15.9. The molecule has 1 aliphatic rings. The molecular formula is C19H17F3N4O4. The summed E-state index contributed by atoms with van der Waals surface area (Å²) in [5.74, 6) is 0.0199. The molecule has 30 heavy (non-hydrogen) atoms. The minimum Gasteiger partial charge on any atom is -0.406 e. The summed E-state index contributed by atoms with van der Waals surface area (Å²) in [4.78, 5) is 30.3. The highest BCUT2D eigenvalue weighted by molar-refractivity contribution is 5.56. The molecule has 0 saturated carbocycles. The molecule has 1 aliphatic heterocycles. The van der Waals surface area contributed by atoms with Crippen molar-refractivity contribution in [2.75, 3.05) is 0 Å². The molecule has 3 heterocycles. The molecule has 0 N–H and O–H groups in total. The Labute approximate surface area is 167 Å². The van der Waals surface area contributed by atoms with Crippen molar-refractivity contribution in [3.63, 3.8) is 0 Å². The van der Waals surface area contributed by atoms with Crippen LogP contribution in [0.3, 0.4) is 0 Å². The molecule has 1 aromatic carbocycles. The molecule has 0 spiro atoms. The third-order valence-electron chi connectivity index (χ3n) is 4.83. The fraction of sp³-hybridized carbons (Fsp3) is 0.368. The van der Waals surface area contributed by atoms with Crippen molar-refractivity contribution < 1.29 is 22.4 Å². The summed E-state index contributed by atoms with van der Waals surface area (Å²) >= 11 is 0.